The van der Waals surface area contributed by atoms with Gasteiger partial charge in [-0.05, 0) is 87.8 Å². The number of aromatic nitrogens is 1. The van der Waals surface area contributed by atoms with Gasteiger partial charge in [-0.1, -0.05) is 30.3 Å². The molecule has 0 bridgehead atoms. The van der Waals surface area contributed by atoms with E-state index in [0.717, 1.165) is 23.9 Å². The average molecular weight is 440 g/mol. The number of pyridine rings is 1. The van der Waals surface area contributed by atoms with Gasteiger partial charge in [0.2, 0.25) is 0 Å². The van der Waals surface area contributed by atoms with Crippen LogP contribution in [0.2, 0.25) is 0 Å². The Kier molecular flexibility index (Phi) is 5.09. The first-order chi connectivity index (χ1) is 15.7. The number of nitrogens with zero attached hydrogens (tertiary/aromatic N) is 1. The summed E-state index contributed by atoms with van der Waals surface area (Å²) in [5.41, 5.74) is 5.23. The highest BCUT2D eigenvalue weighted by Gasteiger charge is 2.28. The maximum atomic E-state index is 13.2. The smallest absolute Gasteiger partial charge is 0.252 e. The summed E-state index contributed by atoms with van der Waals surface area (Å²) >= 11 is 0. The molecule has 0 radical (unpaired) electrons. The number of hydrogen-bond donors (Lipinski definition) is 2. The number of amides is 1. The van der Waals surface area contributed by atoms with Gasteiger partial charge in [-0.15, -0.1) is 0 Å². The summed E-state index contributed by atoms with van der Waals surface area (Å²) in [6.45, 7) is 4.06. The lowest BCUT2D eigenvalue weighted by Crippen LogP contribution is -2.41. The fourth-order valence-electron chi connectivity index (χ4n) is 5.02. The van der Waals surface area contributed by atoms with E-state index in [2.05, 4.69) is 47.5 Å². The van der Waals surface area contributed by atoms with E-state index < -0.39 is 5.54 Å². The van der Waals surface area contributed by atoms with Crippen LogP contribution >= 0.6 is 0 Å². The topological polar surface area (TPSA) is 65.2 Å². The van der Waals surface area contributed by atoms with Crippen molar-refractivity contribution in [2.45, 2.75) is 38.3 Å². The first-order valence-corrected chi connectivity index (χ1v) is 11.4. The Balaban J connectivity index is 1.44. The zero-order valence-electron chi connectivity index (χ0n) is 19.5. The molecule has 0 saturated carbocycles. The lowest BCUT2D eigenvalue weighted by molar-refractivity contribution is 0.0912. The lowest BCUT2D eigenvalue weighted by atomic mass is 9.90. The highest BCUT2D eigenvalue weighted by Crippen LogP contribution is 2.36. The van der Waals surface area contributed by atoms with Crippen molar-refractivity contribution in [3.8, 4) is 0 Å². The number of carbonyl (C=O) groups excluding carboxylic acids is 1. The first kappa shape index (κ1) is 21.4. The Bertz CT molecular complexity index is 1450. The fraction of sp³-hybridized carbons (Fsp3) is 0.286. The molecule has 0 saturated heterocycles. The molecule has 1 heterocycles. The van der Waals surface area contributed by atoms with E-state index in [4.69, 9.17) is 0 Å². The van der Waals surface area contributed by atoms with Gasteiger partial charge in [0.1, 0.15) is 0 Å². The molecule has 3 aromatic carbocycles. The number of aromatic amines is 1. The van der Waals surface area contributed by atoms with Crippen LogP contribution < -0.4 is 10.7 Å². The van der Waals surface area contributed by atoms with Crippen LogP contribution in [-0.2, 0) is 12.0 Å². The van der Waals surface area contributed by atoms with E-state index >= 15 is 0 Å². The number of para-hydroxylation sites is 1. The van der Waals surface area contributed by atoms with Crippen molar-refractivity contribution in [2.24, 2.45) is 0 Å². The van der Waals surface area contributed by atoms with Crippen LogP contribution in [0.1, 0.15) is 53.4 Å². The van der Waals surface area contributed by atoms with Gasteiger partial charge in [0.25, 0.3) is 5.91 Å². The predicted octanol–water partition coefficient (Wildman–Crippen LogP) is 4.90. The van der Waals surface area contributed by atoms with Crippen molar-refractivity contribution in [3.05, 3.63) is 93.1 Å². The minimum atomic E-state index is -0.534. The van der Waals surface area contributed by atoms with Gasteiger partial charge in [0, 0.05) is 27.9 Å². The van der Waals surface area contributed by atoms with Crippen LogP contribution in [0, 0.1) is 0 Å². The minimum Gasteiger partial charge on any atom is -0.354 e. The van der Waals surface area contributed by atoms with Crippen molar-refractivity contribution in [3.63, 3.8) is 0 Å². The van der Waals surface area contributed by atoms with Crippen molar-refractivity contribution in [1.82, 2.24) is 15.2 Å². The van der Waals surface area contributed by atoms with Crippen LogP contribution in [-0.4, -0.2) is 29.9 Å². The second-order valence-corrected chi connectivity index (χ2v) is 9.77. The Morgan fingerprint density at radius 2 is 1.76 bits per heavy atom. The highest BCUT2D eigenvalue weighted by molar-refractivity contribution is 6.00. The number of nitrogens with one attached hydrogen (secondary N) is 2. The summed E-state index contributed by atoms with van der Waals surface area (Å²) in [4.78, 5) is 31.6. The van der Waals surface area contributed by atoms with E-state index in [1.165, 1.54) is 11.1 Å². The molecule has 1 aromatic heterocycles. The van der Waals surface area contributed by atoms with Gasteiger partial charge in [0.05, 0.1) is 11.1 Å². The van der Waals surface area contributed by atoms with Crippen LogP contribution in [0.3, 0.4) is 0 Å². The number of hydrogen-bond acceptors (Lipinski definition) is 3. The number of H-pyrrole nitrogens is 1. The molecular weight excluding hydrogens is 410 g/mol. The van der Waals surface area contributed by atoms with E-state index in [1.807, 2.05) is 38.1 Å². The maximum Gasteiger partial charge on any atom is 0.252 e. The number of carbonyl (C=O) groups is 1. The average Bonchev–Trinajstić information content (AvgIpc) is 3.22. The molecule has 1 aliphatic rings. The summed E-state index contributed by atoms with van der Waals surface area (Å²) < 4.78 is 0. The van der Waals surface area contributed by atoms with E-state index in [1.54, 1.807) is 18.2 Å². The molecule has 5 heteroatoms. The number of rotatable bonds is 4. The third kappa shape index (κ3) is 3.72. The SMILES string of the molecule is CN(C)C1CCc2cc(C(C)(C)NC(=O)c3ccc4c(=O)c5ccccc5[nH]c4c3)ccc21. The Morgan fingerprint density at radius 1 is 1.00 bits per heavy atom. The van der Waals surface area contributed by atoms with E-state index in [-0.39, 0.29) is 11.3 Å². The first-order valence-electron chi connectivity index (χ1n) is 11.4. The van der Waals surface area contributed by atoms with Crippen molar-refractivity contribution < 1.29 is 4.79 Å². The fourth-order valence-corrected chi connectivity index (χ4v) is 5.02. The largest absolute Gasteiger partial charge is 0.354 e. The summed E-state index contributed by atoms with van der Waals surface area (Å²) in [5.74, 6) is -0.164. The van der Waals surface area contributed by atoms with E-state index in [0.29, 0.717) is 27.9 Å². The zero-order chi connectivity index (χ0) is 23.3. The van der Waals surface area contributed by atoms with Gasteiger partial charge in [0.15, 0.2) is 5.43 Å². The molecule has 1 atom stereocenters. The van der Waals surface area contributed by atoms with E-state index in [9.17, 15) is 9.59 Å². The molecule has 0 fully saturated rings. The summed E-state index contributed by atoms with van der Waals surface area (Å²) in [7, 11) is 4.24. The molecular formula is C28H29N3O2. The molecule has 1 unspecified atom stereocenters. The van der Waals surface area contributed by atoms with Crippen LogP contribution in [0.25, 0.3) is 21.8 Å². The third-order valence-electron chi connectivity index (χ3n) is 6.93. The number of aryl methyl sites for hydroxylation is 1. The standard InChI is InChI=1S/C28H29N3O2/c1-28(2,19-11-13-20-17(15-19)10-14-25(20)31(3)4)30-27(33)18-9-12-22-24(16-18)29-23-8-6-5-7-21(23)26(22)32/h5-9,11-13,15-16,25H,10,14H2,1-4H3,(H,29,32)(H,30,33). The Labute approximate surface area is 193 Å². The number of benzene rings is 3. The van der Waals surface area contributed by atoms with Gasteiger partial charge in [-0.3, -0.25) is 9.59 Å². The summed E-state index contributed by atoms with van der Waals surface area (Å²) in [5, 5.41) is 4.42. The van der Waals surface area contributed by atoms with Gasteiger partial charge in [-0.25, -0.2) is 0 Å². The maximum absolute atomic E-state index is 13.2. The van der Waals surface area contributed by atoms with Crippen LogP contribution in [0.5, 0.6) is 0 Å². The Hall–Kier alpha value is -3.44. The minimum absolute atomic E-state index is 0.0270. The summed E-state index contributed by atoms with van der Waals surface area (Å²) in [6.07, 6.45) is 2.19. The molecule has 1 amide bonds. The quantitative estimate of drug-likeness (QED) is 0.445. The molecule has 5 rings (SSSR count). The second-order valence-electron chi connectivity index (χ2n) is 9.77. The third-order valence-corrected chi connectivity index (χ3v) is 6.93. The molecule has 0 aliphatic heterocycles. The second kappa shape index (κ2) is 7.85. The molecule has 168 valence electrons. The monoisotopic (exact) mass is 439 g/mol. The van der Waals surface area contributed by atoms with Crippen LogP contribution in [0.4, 0.5) is 0 Å². The van der Waals surface area contributed by atoms with Crippen molar-refractivity contribution in [2.75, 3.05) is 14.1 Å². The molecule has 33 heavy (non-hydrogen) atoms. The number of fused-ring (bicyclic) bond motifs is 3. The molecule has 2 N–H and O–H groups in total. The molecule has 4 aromatic rings. The molecule has 5 nitrogen and oxygen atoms in total. The van der Waals surface area contributed by atoms with Gasteiger partial charge < -0.3 is 15.2 Å². The summed E-state index contributed by atoms with van der Waals surface area (Å²) in [6, 6.07) is 19.7. The van der Waals surface area contributed by atoms with Crippen molar-refractivity contribution in [1.29, 1.82) is 0 Å². The molecule has 0 spiro atoms. The Morgan fingerprint density at radius 3 is 2.55 bits per heavy atom. The van der Waals surface area contributed by atoms with Gasteiger partial charge in [-0.2, -0.15) is 0 Å². The normalized spacial score (nSPS) is 15.8. The highest BCUT2D eigenvalue weighted by atomic mass is 16.1. The van der Waals surface area contributed by atoms with Crippen LogP contribution in [0.15, 0.2) is 65.5 Å². The zero-order valence-corrected chi connectivity index (χ0v) is 19.5. The molecule has 1 aliphatic carbocycles. The predicted molar refractivity (Wildman–Crippen MR) is 134 cm³/mol. The van der Waals surface area contributed by atoms with Gasteiger partial charge >= 0.3 is 0 Å². The lowest BCUT2D eigenvalue weighted by Gasteiger charge is -2.28. The van der Waals surface area contributed by atoms with Crippen molar-refractivity contribution >= 4 is 27.7 Å².